The Morgan fingerprint density at radius 2 is 0.530 bits per heavy atom. The minimum atomic E-state index is 0.874. The van der Waals surface area contributed by atoms with Gasteiger partial charge in [-0.2, -0.15) is 0 Å². The monoisotopic (exact) mass is 1750 g/mol. The van der Waals surface area contributed by atoms with Crippen LogP contribution in [0.5, 0.6) is 0 Å². The highest BCUT2D eigenvalue weighted by atomic mass is 15.1. The molecule has 24 rings (SSSR count). The van der Waals surface area contributed by atoms with Crippen molar-refractivity contribution in [1.82, 2.24) is 49.8 Å². The summed E-state index contributed by atoms with van der Waals surface area (Å²) in [5.41, 5.74) is 54.1. The van der Waals surface area contributed by atoms with Crippen LogP contribution in [0.2, 0.25) is 0 Å². The Hall–Kier alpha value is -15.2. The first-order valence-electron chi connectivity index (χ1n) is 46.4. The average Bonchev–Trinajstić information content (AvgIpc) is 1.92. The number of pyridine rings is 4. The highest BCUT2D eigenvalue weighted by Crippen LogP contribution is 2.43. The summed E-state index contributed by atoms with van der Waals surface area (Å²) < 4.78 is 12.9. The van der Waals surface area contributed by atoms with Crippen LogP contribution >= 0.6 is 0 Å². The van der Waals surface area contributed by atoms with E-state index < -0.39 is 0 Å². The van der Waals surface area contributed by atoms with Crippen molar-refractivity contribution >= 4 is 0 Å². The van der Waals surface area contributed by atoms with Crippen molar-refractivity contribution in [3.63, 3.8) is 0 Å². The Morgan fingerprint density at radius 3 is 0.963 bits per heavy atom. The summed E-state index contributed by atoms with van der Waals surface area (Å²) in [6.07, 6.45) is 28.3. The van der Waals surface area contributed by atoms with Crippen molar-refractivity contribution in [2.24, 2.45) is 42.3 Å². The third-order valence-electron chi connectivity index (χ3n) is 27.0. The Kier molecular flexibility index (Phi) is 23.8. The van der Waals surface area contributed by atoms with Crippen LogP contribution < -0.4 is 27.4 Å². The van der Waals surface area contributed by atoms with E-state index in [0.29, 0.717) is 0 Å². The summed E-state index contributed by atoms with van der Waals surface area (Å²) in [5, 5.41) is 0. The summed E-state index contributed by atoms with van der Waals surface area (Å²) in [6.45, 7) is 29.8. The van der Waals surface area contributed by atoms with Gasteiger partial charge in [-0.15, -0.1) is 0 Å². The lowest BCUT2D eigenvalue weighted by atomic mass is 10.0. The molecule has 6 aliphatic carbocycles. The van der Waals surface area contributed by atoms with E-state index in [1.807, 2.05) is 44.0 Å². The Bertz CT molecular complexity index is 7230. The van der Waals surface area contributed by atoms with Crippen molar-refractivity contribution in [2.45, 2.75) is 135 Å². The molecule has 10 heterocycles. The largest absolute Gasteiger partial charge is 0.331 e. The molecule has 660 valence electrons. The summed E-state index contributed by atoms with van der Waals surface area (Å²) in [7, 11) is 12.5. The van der Waals surface area contributed by atoms with Crippen molar-refractivity contribution < 1.29 is 27.4 Å². The smallest absolute Gasteiger partial charge is 0.264 e. The molecule has 18 aromatic rings. The molecule has 0 saturated heterocycles. The molecular weight excluding hydrogens is 1640 g/mol. The molecule has 10 aromatic heterocycles. The fourth-order valence-corrected chi connectivity index (χ4v) is 19.8. The number of hydrogen-bond donors (Lipinski definition) is 0. The zero-order valence-corrected chi connectivity index (χ0v) is 80.6. The van der Waals surface area contributed by atoms with Gasteiger partial charge in [0.15, 0.2) is 34.2 Å². The van der Waals surface area contributed by atoms with Gasteiger partial charge in [-0.1, -0.05) is 149 Å². The first-order valence-corrected chi connectivity index (χ1v) is 46.4. The lowest BCUT2D eigenvalue weighted by molar-refractivity contribution is -0.663. The highest BCUT2D eigenvalue weighted by molar-refractivity contribution is 5.81. The van der Waals surface area contributed by atoms with Gasteiger partial charge in [-0.3, -0.25) is 19.9 Å². The van der Waals surface area contributed by atoms with Crippen molar-refractivity contribution in [3.05, 3.63) is 401 Å². The van der Waals surface area contributed by atoms with Crippen LogP contribution in [0.4, 0.5) is 0 Å². The second kappa shape index (κ2) is 36.2. The SMILES string of the molecule is Cc1ccc(C)c(-c2nc3c(c[n+]2C)Cc2c(C)cccc2-3)c1.Cc1ccc(C)c(-c2nc3c(c[n+]2C)Cc2ccccc2-3)c1.Cc1ccc(C)c(-c2nc3c(c[n+]2C)Cc2ccncc2-3)c1.Cc1ccc(C)c(-c2nc3c(c[n+]2C)Cc2cnccc2-3)c1.Cc1ccc(C)c(-c2nc3c(c[n+]2C)Cc2nc(C)ccc2-3)c1.Cc1ccc(C)c(-c2nc3c(c[n+]2C)Cc2ncccc2-3)c1. The van der Waals surface area contributed by atoms with E-state index in [1.165, 1.54) is 195 Å². The van der Waals surface area contributed by atoms with Gasteiger partial charge < -0.3 is 0 Å². The molecule has 0 atom stereocenters. The minimum Gasteiger partial charge on any atom is -0.264 e. The summed E-state index contributed by atoms with van der Waals surface area (Å²) in [6, 6.07) is 66.8. The number of aryl methyl sites for hydroxylation is 20. The topological polar surface area (TPSA) is 152 Å². The van der Waals surface area contributed by atoms with Crippen molar-refractivity contribution in [3.8, 4) is 136 Å². The van der Waals surface area contributed by atoms with Crippen LogP contribution in [0.15, 0.2) is 256 Å². The van der Waals surface area contributed by atoms with Crippen molar-refractivity contribution in [1.29, 1.82) is 0 Å². The maximum Gasteiger partial charge on any atom is 0.331 e. The standard InChI is InChI=1S/C21H21N2.C20H20N3.C20H19N2.3C19H18N3/c1-13-8-9-15(3)19(10-13)21-22-20-16(12-23(21)4)11-18-14(2)6-5-7-17(18)20;1-12-5-6-13(2)17(9-12)20-22-19-15(11-23(20)4)10-18-16(19)8-7-14(3)21-18;1-13-8-9-14(2)18(10-13)20-21-19-16(12-22(20)3)11-15-6-4-5-7-17(15)19;1-12-4-5-13(2)17(8-12)19-21-18-15(11-22(19)3)9-14-10-20-7-6-16(14)18;1-12-4-5-13(2)16(8-12)19-21-18-15(11-22(19)3)9-14-6-7-20-10-17(14)18;1-12-6-7-13(2)16(9-12)19-21-18-14(11-22(19)3)10-17-15(18)5-4-8-20-17/h5-10,12H,11H2,1-4H3;5-9,11H,10H2,1-4H3;4-10,12H,11H2,1-3H3;2*4-8,10-11H,9H2,1-3H3;4-9,11H,10H2,1-3H3/q6*+1. The van der Waals surface area contributed by atoms with Crippen LogP contribution in [0.3, 0.4) is 0 Å². The van der Waals surface area contributed by atoms with E-state index in [9.17, 15) is 0 Å². The number of aromatic nitrogens is 16. The van der Waals surface area contributed by atoms with Crippen LogP contribution in [0.25, 0.3) is 136 Å². The third-order valence-corrected chi connectivity index (χ3v) is 27.0. The maximum atomic E-state index is 5.07. The maximum absolute atomic E-state index is 5.07. The lowest BCUT2D eigenvalue weighted by Gasteiger charge is -2.06. The van der Waals surface area contributed by atoms with Gasteiger partial charge in [-0.05, 0) is 261 Å². The molecular formula is C118H114N16+6. The quantitative estimate of drug-likeness (QED) is 0.147. The van der Waals surface area contributed by atoms with Gasteiger partial charge >= 0.3 is 34.9 Å². The van der Waals surface area contributed by atoms with E-state index in [0.717, 1.165) is 125 Å². The predicted molar refractivity (Wildman–Crippen MR) is 532 cm³/mol. The Labute approximate surface area is 787 Å². The van der Waals surface area contributed by atoms with Crippen LogP contribution in [-0.4, -0.2) is 49.8 Å². The van der Waals surface area contributed by atoms with Crippen molar-refractivity contribution in [2.75, 3.05) is 0 Å². The molecule has 8 aromatic carbocycles. The number of hydrogen-bond acceptors (Lipinski definition) is 10. The number of rotatable bonds is 6. The van der Waals surface area contributed by atoms with Crippen LogP contribution in [0.1, 0.15) is 145 Å². The van der Waals surface area contributed by atoms with E-state index >= 15 is 0 Å². The van der Waals surface area contributed by atoms with Gasteiger partial charge in [-0.25, -0.2) is 27.4 Å². The summed E-state index contributed by atoms with van der Waals surface area (Å²) in [5.74, 6) is 6.13. The third kappa shape index (κ3) is 17.2. The number of benzene rings is 8. The second-order valence-corrected chi connectivity index (χ2v) is 37.5. The molecule has 0 unspecified atom stereocenters. The predicted octanol–water partition coefficient (Wildman–Crippen LogP) is 20.8. The fourth-order valence-electron chi connectivity index (χ4n) is 19.8. The molecule has 0 bridgehead atoms. The summed E-state index contributed by atoms with van der Waals surface area (Å²) >= 11 is 0. The second-order valence-electron chi connectivity index (χ2n) is 37.5. The first-order chi connectivity index (χ1) is 64.6. The van der Waals surface area contributed by atoms with Gasteiger partial charge in [0, 0.05) is 142 Å². The van der Waals surface area contributed by atoms with E-state index in [2.05, 4.69) is 399 Å². The van der Waals surface area contributed by atoms with E-state index in [-0.39, 0.29) is 0 Å². The molecule has 0 radical (unpaired) electrons. The molecule has 134 heavy (non-hydrogen) atoms. The molecule has 0 fully saturated rings. The molecule has 0 spiro atoms. The molecule has 16 heteroatoms. The Balaban J connectivity index is 0.000000103. The first kappa shape index (κ1) is 88.1. The molecule has 16 nitrogen and oxygen atoms in total. The average molecular weight is 1760 g/mol. The Morgan fingerprint density at radius 1 is 0.209 bits per heavy atom. The van der Waals surface area contributed by atoms with Crippen LogP contribution in [0, 0.1) is 96.9 Å². The number of nitrogens with zero attached hydrogens (tertiary/aromatic N) is 16. The summed E-state index contributed by atoms with van der Waals surface area (Å²) in [4.78, 5) is 47.8. The fraction of sp³-hybridized carbons (Fsp3) is 0.220. The molecule has 6 aliphatic rings. The lowest BCUT2D eigenvalue weighted by Crippen LogP contribution is -2.33. The van der Waals surface area contributed by atoms with Gasteiger partial charge in [0.1, 0.15) is 0 Å². The molecule has 0 amide bonds. The van der Waals surface area contributed by atoms with Crippen LogP contribution in [-0.2, 0) is 80.8 Å². The van der Waals surface area contributed by atoms with Gasteiger partial charge in [0.2, 0.25) is 0 Å². The normalized spacial score (nSPS) is 12.1. The zero-order chi connectivity index (χ0) is 93.3. The van der Waals surface area contributed by atoms with E-state index in [4.69, 9.17) is 29.9 Å². The van der Waals surface area contributed by atoms with Gasteiger partial charge in [0.25, 0.3) is 0 Å². The van der Waals surface area contributed by atoms with Gasteiger partial charge in [0.05, 0.1) is 124 Å². The molecule has 0 aliphatic heterocycles. The van der Waals surface area contributed by atoms with E-state index in [1.54, 1.807) is 0 Å². The zero-order valence-electron chi connectivity index (χ0n) is 80.6. The minimum absolute atomic E-state index is 0.874. The molecule has 0 saturated carbocycles. The highest BCUT2D eigenvalue weighted by Gasteiger charge is 2.37. The number of fused-ring (bicyclic) bond motifs is 18. The molecule has 0 N–H and O–H groups in total.